The van der Waals surface area contributed by atoms with Crippen LogP contribution in [0, 0.1) is 0 Å². The number of rotatable bonds is 14. The zero-order chi connectivity index (χ0) is 37.5. The number of ether oxygens (including phenoxy) is 1. The van der Waals surface area contributed by atoms with Crippen LogP contribution in [0.15, 0.2) is 193 Å². The lowest BCUT2D eigenvalue weighted by molar-refractivity contribution is -0.121. The first-order valence-electron chi connectivity index (χ1n) is 18.3. The van der Waals surface area contributed by atoms with Gasteiger partial charge in [-0.2, -0.15) is 4.98 Å². The Hall–Kier alpha value is -6.90. The highest BCUT2D eigenvalue weighted by Crippen LogP contribution is 2.41. The molecule has 0 amide bonds. The molecule has 2 N–H and O–H groups in total. The summed E-state index contributed by atoms with van der Waals surface area (Å²) in [4.78, 5) is 39.5. The number of aromatic nitrogens is 4. The molecule has 0 aliphatic heterocycles. The molecule has 2 aromatic heterocycles. The molecule has 2 heterocycles. The summed E-state index contributed by atoms with van der Waals surface area (Å²) in [6.45, 7) is 0.116. The van der Waals surface area contributed by atoms with Crippen LogP contribution >= 0.6 is 0 Å². The second-order valence-corrected chi connectivity index (χ2v) is 13.3. The van der Waals surface area contributed by atoms with Crippen LogP contribution in [0.25, 0.3) is 11.2 Å². The van der Waals surface area contributed by atoms with Crippen molar-refractivity contribution in [2.45, 2.75) is 24.1 Å². The van der Waals surface area contributed by atoms with Gasteiger partial charge >= 0.3 is 0 Å². The van der Waals surface area contributed by atoms with Crippen molar-refractivity contribution < 1.29 is 9.53 Å². The molecule has 0 saturated heterocycles. The summed E-state index contributed by atoms with van der Waals surface area (Å²) in [5.41, 5.74) is 3.92. The summed E-state index contributed by atoms with van der Waals surface area (Å²) >= 11 is 0. The zero-order valence-electron chi connectivity index (χ0n) is 30.1. The molecule has 8 nitrogen and oxygen atoms in total. The highest BCUT2D eigenvalue weighted by Gasteiger charge is 2.39. The number of Topliss-reactive ketones (excluding diaryl/α,β-unsaturated/α-hetero) is 1. The Morgan fingerprint density at radius 1 is 0.600 bits per heavy atom. The fourth-order valence-electron chi connectivity index (χ4n) is 7.44. The first-order chi connectivity index (χ1) is 27.1. The van der Waals surface area contributed by atoms with E-state index in [4.69, 9.17) is 9.72 Å². The van der Waals surface area contributed by atoms with Gasteiger partial charge < -0.3 is 14.6 Å². The van der Waals surface area contributed by atoms with Crippen molar-refractivity contribution in [1.29, 1.82) is 0 Å². The lowest BCUT2D eigenvalue weighted by Gasteiger charge is -2.37. The van der Waals surface area contributed by atoms with Gasteiger partial charge in [0.1, 0.15) is 11.1 Å². The lowest BCUT2D eigenvalue weighted by Crippen LogP contribution is -2.39. The third kappa shape index (κ3) is 6.87. The summed E-state index contributed by atoms with van der Waals surface area (Å²) in [7, 11) is 0. The molecule has 0 aliphatic carbocycles. The van der Waals surface area contributed by atoms with Gasteiger partial charge in [0.15, 0.2) is 16.9 Å². The van der Waals surface area contributed by atoms with Crippen molar-refractivity contribution in [2.75, 3.05) is 11.9 Å². The predicted molar refractivity (Wildman–Crippen MR) is 216 cm³/mol. The number of nitrogens with zero attached hydrogens (tertiary/aromatic N) is 3. The molecule has 270 valence electrons. The van der Waals surface area contributed by atoms with E-state index in [2.05, 4.69) is 88.1 Å². The number of anilines is 1. The Bertz CT molecular complexity index is 2350. The molecule has 6 aromatic carbocycles. The Labute approximate surface area is 319 Å². The zero-order valence-corrected chi connectivity index (χ0v) is 30.1. The number of hydrogen-bond acceptors (Lipinski definition) is 6. The van der Waals surface area contributed by atoms with Gasteiger partial charge in [0, 0.05) is 6.42 Å². The first kappa shape index (κ1) is 35.1. The average molecular weight is 722 g/mol. The van der Waals surface area contributed by atoms with Crippen LogP contribution in [0.2, 0.25) is 0 Å². The van der Waals surface area contributed by atoms with E-state index in [0.717, 1.165) is 33.4 Å². The van der Waals surface area contributed by atoms with Crippen molar-refractivity contribution in [2.24, 2.45) is 0 Å². The number of carbonyl (C=O) groups is 1. The standard InChI is InChI=1S/C47H39N5O3/c53-41(31-32-55-47(38-25-13-4-14-26-38,39-27-15-5-16-28-39)40-29-17-6-18-30-40)33-52-34-48-42-43(52)49-45(50-44(42)54)51-46(35-19-7-1-8-20-35,36-21-9-2-10-22-36)37-23-11-3-12-24-37/h1-30,34H,31-33H2,(H2,49,50,51,54). The molecule has 0 spiro atoms. The Morgan fingerprint density at radius 2 is 1.00 bits per heavy atom. The molecule has 0 unspecified atom stereocenters. The van der Waals surface area contributed by atoms with Crippen molar-refractivity contribution in [1.82, 2.24) is 19.5 Å². The van der Waals surface area contributed by atoms with E-state index in [1.807, 2.05) is 109 Å². The first-order valence-corrected chi connectivity index (χ1v) is 18.3. The second kappa shape index (κ2) is 15.6. The third-order valence-electron chi connectivity index (χ3n) is 9.99. The van der Waals surface area contributed by atoms with E-state index < -0.39 is 16.7 Å². The van der Waals surface area contributed by atoms with Crippen molar-refractivity contribution >= 4 is 22.9 Å². The van der Waals surface area contributed by atoms with Crippen LogP contribution in [0.4, 0.5) is 5.95 Å². The fraction of sp³-hybridized carbons (Fsp3) is 0.106. The van der Waals surface area contributed by atoms with E-state index in [1.165, 1.54) is 6.33 Å². The van der Waals surface area contributed by atoms with Crippen LogP contribution < -0.4 is 10.9 Å². The van der Waals surface area contributed by atoms with E-state index in [1.54, 1.807) is 4.57 Å². The Morgan fingerprint density at radius 3 is 1.42 bits per heavy atom. The third-order valence-corrected chi connectivity index (χ3v) is 9.99. The van der Waals surface area contributed by atoms with Gasteiger partial charge in [-0.3, -0.25) is 14.6 Å². The average Bonchev–Trinajstić information content (AvgIpc) is 3.66. The number of imidazole rings is 1. The highest BCUT2D eigenvalue weighted by molar-refractivity contribution is 5.81. The molecule has 8 aromatic rings. The van der Waals surface area contributed by atoms with Crippen LogP contribution in [-0.2, 0) is 27.2 Å². The molecule has 0 aliphatic rings. The number of H-pyrrole nitrogens is 1. The molecule has 0 radical (unpaired) electrons. The van der Waals surface area contributed by atoms with Crippen LogP contribution in [0.3, 0.4) is 0 Å². The van der Waals surface area contributed by atoms with E-state index in [0.29, 0.717) is 5.65 Å². The number of nitrogens with one attached hydrogen (secondary N) is 2. The summed E-state index contributed by atoms with van der Waals surface area (Å²) < 4.78 is 8.49. The van der Waals surface area contributed by atoms with Gasteiger partial charge in [0.25, 0.3) is 5.56 Å². The van der Waals surface area contributed by atoms with E-state index >= 15 is 0 Å². The maximum absolute atomic E-state index is 13.7. The lowest BCUT2D eigenvalue weighted by atomic mass is 9.77. The van der Waals surface area contributed by atoms with Gasteiger partial charge in [0.05, 0.1) is 19.5 Å². The van der Waals surface area contributed by atoms with Gasteiger partial charge in [0.2, 0.25) is 5.95 Å². The van der Waals surface area contributed by atoms with Crippen molar-refractivity contribution in [3.63, 3.8) is 0 Å². The molecular weight excluding hydrogens is 683 g/mol. The van der Waals surface area contributed by atoms with Gasteiger partial charge in [-0.1, -0.05) is 182 Å². The molecule has 0 fully saturated rings. The van der Waals surface area contributed by atoms with Crippen LogP contribution in [0.5, 0.6) is 0 Å². The minimum Gasteiger partial charge on any atom is -0.360 e. The normalized spacial score (nSPS) is 11.7. The predicted octanol–water partition coefficient (Wildman–Crippen LogP) is 8.49. The largest absolute Gasteiger partial charge is 0.360 e. The number of fused-ring (bicyclic) bond motifs is 1. The smallest absolute Gasteiger partial charge is 0.280 e. The summed E-state index contributed by atoms with van der Waals surface area (Å²) in [5, 5.41) is 3.63. The minimum atomic E-state index is -0.941. The molecule has 8 heteroatoms. The van der Waals surface area contributed by atoms with Gasteiger partial charge in [-0.15, -0.1) is 0 Å². The molecule has 0 atom stereocenters. The maximum atomic E-state index is 13.7. The minimum absolute atomic E-state index is 0.0358. The number of benzene rings is 6. The molecule has 0 bridgehead atoms. The summed E-state index contributed by atoms with van der Waals surface area (Å²) in [6.07, 6.45) is 1.62. The number of aromatic amines is 1. The van der Waals surface area contributed by atoms with Crippen molar-refractivity contribution in [3.05, 3.63) is 232 Å². The Kier molecular flexibility index (Phi) is 9.97. The quantitative estimate of drug-likeness (QED) is 0.109. The molecule has 55 heavy (non-hydrogen) atoms. The number of hydrogen-bond donors (Lipinski definition) is 2. The fourth-order valence-corrected chi connectivity index (χ4v) is 7.44. The molecule has 0 saturated carbocycles. The molecular formula is C47H39N5O3. The van der Waals surface area contributed by atoms with E-state index in [9.17, 15) is 9.59 Å². The Balaban J connectivity index is 1.10. The van der Waals surface area contributed by atoms with Crippen molar-refractivity contribution in [3.8, 4) is 0 Å². The summed E-state index contributed by atoms with van der Waals surface area (Å²) in [6, 6.07) is 60.4. The highest BCUT2D eigenvalue weighted by atomic mass is 16.5. The second-order valence-electron chi connectivity index (χ2n) is 13.3. The monoisotopic (exact) mass is 721 g/mol. The van der Waals surface area contributed by atoms with Crippen LogP contribution in [0.1, 0.15) is 39.8 Å². The maximum Gasteiger partial charge on any atom is 0.280 e. The topological polar surface area (TPSA) is 102 Å². The summed E-state index contributed by atoms with van der Waals surface area (Å²) in [5.74, 6) is 0.149. The van der Waals surface area contributed by atoms with E-state index in [-0.39, 0.29) is 36.8 Å². The van der Waals surface area contributed by atoms with Crippen LogP contribution in [-0.4, -0.2) is 31.9 Å². The molecule has 8 rings (SSSR count). The van der Waals surface area contributed by atoms with Gasteiger partial charge in [-0.05, 0) is 33.4 Å². The number of carbonyl (C=O) groups excluding carboxylic acids is 1. The SMILES string of the molecule is O=C(CCOC(c1ccccc1)(c1ccccc1)c1ccccc1)Cn1cnc2c(=O)[nH]c(NC(c3ccccc3)(c3ccccc3)c3ccccc3)nc21. The van der Waals surface area contributed by atoms with Gasteiger partial charge in [-0.25, -0.2) is 4.98 Å². The number of ketones is 1.